The van der Waals surface area contributed by atoms with E-state index in [2.05, 4.69) is 5.16 Å². The van der Waals surface area contributed by atoms with Gasteiger partial charge in [0.1, 0.15) is 5.60 Å². The van der Waals surface area contributed by atoms with Crippen molar-refractivity contribution in [1.29, 1.82) is 0 Å². The molecule has 35 heavy (non-hydrogen) atoms. The number of aliphatic hydroxyl groups is 1. The molecule has 2 aromatic rings. The molecule has 0 radical (unpaired) electrons. The predicted molar refractivity (Wildman–Crippen MR) is 117 cm³/mol. The van der Waals surface area contributed by atoms with Gasteiger partial charge < -0.3 is 20.0 Å². The standard InChI is InChI=1S/C24H26F6N2O3/c1-15(17-10-18(23(25,26)27)12-19(11-17)24(28,29)30)35-13-21-8-9-22(33,16(2)31-34)14-32(21)20-6-4-3-5-7-20/h3-7,10-12,15,21,33-34H,8-9,13-14H2,1-2H3/b31-16+/t15-,21?,22?/m1/s1. The van der Waals surface area contributed by atoms with Gasteiger partial charge in [0.15, 0.2) is 0 Å². The SMILES string of the molecule is C/C(=N\O)C1(O)CCC(CO[C@H](C)c2cc(C(F)(F)F)cc(C(F)(F)F)c2)N(c2ccccc2)C1. The molecule has 2 aromatic carbocycles. The summed E-state index contributed by atoms with van der Waals surface area (Å²) in [4.78, 5) is 1.83. The second kappa shape index (κ2) is 10.1. The van der Waals surface area contributed by atoms with Crippen molar-refractivity contribution >= 4 is 11.4 Å². The zero-order valence-corrected chi connectivity index (χ0v) is 19.1. The molecule has 0 bridgehead atoms. The van der Waals surface area contributed by atoms with Crippen LogP contribution in [0.15, 0.2) is 53.7 Å². The van der Waals surface area contributed by atoms with Crippen LogP contribution in [-0.4, -0.2) is 40.8 Å². The van der Waals surface area contributed by atoms with Crippen LogP contribution in [0.25, 0.3) is 0 Å². The Kier molecular flexibility index (Phi) is 7.71. The van der Waals surface area contributed by atoms with Crippen molar-refractivity contribution in [2.45, 2.75) is 56.8 Å². The third-order valence-corrected chi connectivity index (χ3v) is 6.29. The summed E-state index contributed by atoms with van der Waals surface area (Å²) < 4.78 is 85.1. The van der Waals surface area contributed by atoms with Crippen molar-refractivity contribution in [1.82, 2.24) is 0 Å². The van der Waals surface area contributed by atoms with E-state index in [-0.39, 0.29) is 43.0 Å². The van der Waals surface area contributed by atoms with E-state index in [9.17, 15) is 31.4 Å². The maximum atomic E-state index is 13.2. The number of hydrogen-bond acceptors (Lipinski definition) is 5. The van der Waals surface area contributed by atoms with Gasteiger partial charge in [-0.05, 0) is 62.6 Å². The molecular formula is C24H26F6N2O3. The molecule has 0 amide bonds. The fourth-order valence-electron chi connectivity index (χ4n) is 4.10. The van der Waals surface area contributed by atoms with Crippen LogP contribution in [0.1, 0.15) is 49.5 Å². The van der Waals surface area contributed by atoms with E-state index in [0.29, 0.717) is 18.6 Å². The first-order valence-electron chi connectivity index (χ1n) is 10.9. The van der Waals surface area contributed by atoms with Gasteiger partial charge in [-0.2, -0.15) is 26.3 Å². The topological polar surface area (TPSA) is 65.3 Å². The van der Waals surface area contributed by atoms with E-state index in [0.717, 1.165) is 5.69 Å². The highest BCUT2D eigenvalue weighted by Gasteiger charge is 2.41. The number of hydrogen-bond donors (Lipinski definition) is 2. The van der Waals surface area contributed by atoms with Gasteiger partial charge in [-0.1, -0.05) is 23.4 Å². The predicted octanol–water partition coefficient (Wildman–Crippen LogP) is 6.05. The van der Waals surface area contributed by atoms with Crippen molar-refractivity contribution in [3.8, 4) is 0 Å². The summed E-state index contributed by atoms with van der Waals surface area (Å²) in [5.74, 6) is 0. The number of nitrogens with zero attached hydrogens (tertiary/aromatic N) is 2. The molecule has 5 nitrogen and oxygen atoms in total. The van der Waals surface area contributed by atoms with Gasteiger partial charge in [-0.15, -0.1) is 0 Å². The van der Waals surface area contributed by atoms with Gasteiger partial charge in [0.2, 0.25) is 0 Å². The molecule has 1 saturated heterocycles. The molecule has 2 unspecified atom stereocenters. The molecule has 0 aliphatic carbocycles. The van der Waals surface area contributed by atoms with Gasteiger partial charge in [-0.25, -0.2) is 0 Å². The van der Waals surface area contributed by atoms with Crippen LogP contribution >= 0.6 is 0 Å². The Morgan fingerprint density at radius 3 is 2.17 bits per heavy atom. The second-order valence-corrected chi connectivity index (χ2v) is 8.69. The molecule has 192 valence electrons. The van der Waals surface area contributed by atoms with Crippen molar-refractivity contribution in [2.75, 3.05) is 18.1 Å². The van der Waals surface area contributed by atoms with Gasteiger partial charge in [-0.3, -0.25) is 0 Å². The first-order valence-corrected chi connectivity index (χ1v) is 10.9. The van der Waals surface area contributed by atoms with Crippen LogP contribution in [0, 0.1) is 0 Å². The summed E-state index contributed by atoms with van der Waals surface area (Å²) >= 11 is 0. The minimum Gasteiger partial charge on any atom is -0.411 e. The summed E-state index contributed by atoms with van der Waals surface area (Å²) in [7, 11) is 0. The highest BCUT2D eigenvalue weighted by Crippen LogP contribution is 2.38. The molecule has 0 spiro atoms. The Labute approximate surface area is 198 Å². The molecule has 1 aliphatic heterocycles. The number of alkyl halides is 6. The van der Waals surface area contributed by atoms with Crippen LogP contribution in [-0.2, 0) is 17.1 Å². The Hall–Kier alpha value is -2.79. The van der Waals surface area contributed by atoms with Gasteiger partial charge in [0, 0.05) is 5.69 Å². The van der Waals surface area contributed by atoms with E-state index in [1.807, 2.05) is 4.90 Å². The molecule has 3 atom stereocenters. The van der Waals surface area contributed by atoms with E-state index < -0.39 is 35.2 Å². The maximum Gasteiger partial charge on any atom is 0.416 e. The van der Waals surface area contributed by atoms with Gasteiger partial charge >= 0.3 is 12.4 Å². The van der Waals surface area contributed by atoms with Crippen LogP contribution in [0.4, 0.5) is 32.0 Å². The van der Waals surface area contributed by atoms with Crippen LogP contribution in [0.2, 0.25) is 0 Å². The number of oxime groups is 1. The zero-order valence-electron chi connectivity index (χ0n) is 19.1. The number of benzene rings is 2. The minimum absolute atomic E-state index is 0.0148. The number of rotatable bonds is 6. The van der Waals surface area contributed by atoms with Crippen LogP contribution in [0.5, 0.6) is 0 Å². The quantitative estimate of drug-likeness (QED) is 0.218. The number of halogens is 6. The Bertz CT molecular complexity index is 1010. The normalized spacial score (nSPS) is 22.8. The smallest absolute Gasteiger partial charge is 0.411 e. The van der Waals surface area contributed by atoms with Gasteiger partial charge in [0.25, 0.3) is 0 Å². The monoisotopic (exact) mass is 504 g/mol. The van der Waals surface area contributed by atoms with E-state index in [1.165, 1.54) is 13.8 Å². The van der Waals surface area contributed by atoms with Crippen LogP contribution in [0.3, 0.4) is 0 Å². The molecule has 11 heteroatoms. The van der Waals surface area contributed by atoms with Crippen molar-refractivity contribution in [3.63, 3.8) is 0 Å². The Morgan fingerprint density at radius 1 is 1.09 bits per heavy atom. The minimum atomic E-state index is -4.94. The lowest BCUT2D eigenvalue weighted by atomic mass is 9.85. The molecule has 2 N–H and O–H groups in total. The first-order chi connectivity index (χ1) is 16.2. The van der Waals surface area contributed by atoms with E-state index >= 15 is 0 Å². The summed E-state index contributed by atoms with van der Waals surface area (Å²) in [6, 6.07) is 10.1. The fourth-order valence-corrected chi connectivity index (χ4v) is 4.10. The van der Waals surface area contributed by atoms with Gasteiger partial charge in [0.05, 0.1) is 42.1 Å². The van der Waals surface area contributed by atoms with E-state index in [4.69, 9.17) is 9.94 Å². The van der Waals surface area contributed by atoms with Crippen molar-refractivity contribution < 1.29 is 41.4 Å². The van der Waals surface area contributed by atoms with Crippen LogP contribution < -0.4 is 4.90 Å². The first kappa shape index (κ1) is 26.8. The average Bonchev–Trinajstić information content (AvgIpc) is 2.81. The number of piperidine rings is 1. The molecule has 1 aliphatic rings. The maximum absolute atomic E-state index is 13.2. The largest absolute Gasteiger partial charge is 0.416 e. The molecule has 1 fully saturated rings. The highest BCUT2D eigenvalue weighted by molar-refractivity contribution is 5.90. The number of para-hydroxylation sites is 1. The fraction of sp³-hybridized carbons (Fsp3) is 0.458. The highest BCUT2D eigenvalue weighted by atomic mass is 19.4. The third-order valence-electron chi connectivity index (χ3n) is 6.29. The average molecular weight is 504 g/mol. The summed E-state index contributed by atoms with van der Waals surface area (Å²) in [5.41, 5.74) is -3.58. The number of ether oxygens (including phenoxy) is 1. The molecule has 1 heterocycles. The molecule has 0 aromatic heterocycles. The molecule has 0 saturated carbocycles. The lowest BCUT2D eigenvalue weighted by Gasteiger charge is -2.45. The van der Waals surface area contributed by atoms with Crippen molar-refractivity contribution in [2.24, 2.45) is 5.16 Å². The van der Waals surface area contributed by atoms with E-state index in [1.54, 1.807) is 30.3 Å². The number of β-amino-alcohol motifs (C(OH)–C–C–N with tert-alkyl or cyclic N) is 1. The zero-order chi connectivity index (χ0) is 26.0. The van der Waals surface area contributed by atoms with Crippen molar-refractivity contribution in [3.05, 3.63) is 65.2 Å². The lowest BCUT2D eigenvalue weighted by molar-refractivity contribution is -0.143. The molecule has 3 rings (SSSR count). The Morgan fingerprint density at radius 2 is 1.66 bits per heavy atom. The number of anilines is 1. The Balaban J connectivity index is 1.84. The third kappa shape index (κ3) is 6.26. The summed E-state index contributed by atoms with van der Waals surface area (Å²) in [5, 5.41) is 23.3. The summed E-state index contributed by atoms with van der Waals surface area (Å²) in [6.45, 7) is 2.94. The second-order valence-electron chi connectivity index (χ2n) is 8.69. The lowest BCUT2D eigenvalue weighted by Crippen LogP contribution is -2.57. The summed E-state index contributed by atoms with van der Waals surface area (Å²) in [6.07, 6.45) is -10.3. The molecular weight excluding hydrogens is 478 g/mol.